The summed E-state index contributed by atoms with van der Waals surface area (Å²) >= 11 is 0. The lowest BCUT2D eigenvalue weighted by Crippen LogP contribution is -2.32. The fourth-order valence-electron chi connectivity index (χ4n) is 3.24. The monoisotopic (exact) mass is 312 g/mol. The van der Waals surface area contributed by atoms with E-state index in [1.807, 2.05) is 12.1 Å². The van der Waals surface area contributed by atoms with Crippen molar-refractivity contribution in [2.24, 2.45) is 0 Å². The number of aromatic nitrogens is 1. The Morgan fingerprint density at radius 3 is 2.04 bits per heavy atom. The molecule has 1 aromatic carbocycles. The lowest BCUT2D eigenvalue weighted by atomic mass is 9.96. The number of nitrogens with zero attached hydrogens (tertiary/aromatic N) is 1. The van der Waals surface area contributed by atoms with Crippen LogP contribution in [-0.2, 0) is 6.54 Å². The lowest BCUT2D eigenvalue weighted by Gasteiger charge is -2.10. The third-order valence-corrected chi connectivity index (χ3v) is 4.47. The lowest BCUT2D eigenvalue weighted by molar-refractivity contribution is -0.697. The normalized spacial score (nSPS) is 10.9. The van der Waals surface area contributed by atoms with Gasteiger partial charge in [-0.25, -0.2) is 4.57 Å². The molecule has 0 radical (unpaired) electrons. The highest BCUT2D eigenvalue weighted by atomic mass is 16.3. The summed E-state index contributed by atoms with van der Waals surface area (Å²) in [7, 11) is 0. The van der Waals surface area contributed by atoms with Crippen LogP contribution < -0.4 is 4.57 Å². The van der Waals surface area contributed by atoms with Gasteiger partial charge >= 0.3 is 0 Å². The molecule has 0 fully saturated rings. The van der Waals surface area contributed by atoms with E-state index in [1.54, 1.807) is 0 Å². The van der Waals surface area contributed by atoms with Gasteiger partial charge in [0.25, 0.3) is 0 Å². The summed E-state index contributed by atoms with van der Waals surface area (Å²) in [5.74, 6) is 0.345. The quantitative estimate of drug-likeness (QED) is 0.517. The van der Waals surface area contributed by atoms with E-state index in [0.717, 1.165) is 17.7 Å². The number of pyridine rings is 1. The second kappa shape index (κ2) is 8.71. The summed E-state index contributed by atoms with van der Waals surface area (Å²) in [4.78, 5) is 0. The number of phenolic OH excluding ortho intramolecular Hbond substituents is 1. The first-order valence-corrected chi connectivity index (χ1v) is 8.91. The first kappa shape index (κ1) is 17.5. The minimum atomic E-state index is 0.345. The maximum absolute atomic E-state index is 9.68. The Labute approximate surface area is 140 Å². The molecule has 0 aliphatic rings. The minimum absolute atomic E-state index is 0.345. The first-order valence-electron chi connectivity index (χ1n) is 8.91. The molecule has 124 valence electrons. The number of phenols is 1. The van der Waals surface area contributed by atoms with Crippen molar-refractivity contribution < 1.29 is 9.67 Å². The van der Waals surface area contributed by atoms with E-state index in [1.165, 1.54) is 49.7 Å². The second-order valence-electron chi connectivity index (χ2n) is 6.55. The van der Waals surface area contributed by atoms with Gasteiger partial charge < -0.3 is 5.11 Å². The van der Waals surface area contributed by atoms with Gasteiger partial charge in [-0.05, 0) is 54.7 Å². The third-order valence-electron chi connectivity index (χ3n) is 4.47. The summed E-state index contributed by atoms with van der Waals surface area (Å²) in [5, 5.41) is 9.68. The highest BCUT2D eigenvalue weighted by Gasteiger charge is 2.09. The Morgan fingerprint density at radius 1 is 0.870 bits per heavy atom. The molecule has 2 aromatic rings. The average Bonchev–Trinajstić information content (AvgIpc) is 2.51. The van der Waals surface area contributed by atoms with Crippen LogP contribution in [0.1, 0.15) is 56.6 Å². The van der Waals surface area contributed by atoms with Gasteiger partial charge in [-0.15, -0.1) is 0 Å². The largest absolute Gasteiger partial charge is 0.508 e. The van der Waals surface area contributed by atoms with Crippen LogP contribution in [0.15, 0.2) is 36.7 Å². The van der Waals surface area contributed by atoms with Crippen LogP contribution in [0.4, 0.5) is 0 Å². The molecular formula is C21H30NO+. The molecule has 0 spiro atoms. The van der Waals surface area contributed by atoms with Gasteiger partial charge in [0.05, 0.1) is 0 Å². The van der Waals surface area contributed by atoms with Crippen LogP contribution >= 0.6 is 0 Å². The number of unbranched alkanes of at least 4 members (excludes halogenated alkanes) is 5. The predicted octanol–water partition coefficient (Wildman–Crippen LogP) is 5.32. The van der Waals surface area contributed by atoms with Crippen molar-refractivity contribution in [3.63, 3.8) is 0 Å². The van der Waals surface area contributed by atoms with Crippen LogP contribution in [-0.4, -0.2) is 5.11 Å². The van der Waals surface area contributed by atoms with Crippen LogP contribution in [0.5, 0.6) is 5.75 Å². The predicted molar refractivity (Wildman–Crippen MR) is 96.6 cm³/mol. The standard InChI is InChI=1S/C21H29NO/c1-4-5-6-7-8-9-12-22-13-10-19(11-14-22)21-17(2)15-20(23)16-18(21)3/h10-11,13-16H,4-9,12H2,1-3H3/p+1. The van der Waals surface area contributed by atoms with Crippen molar-refractivity contribution in [3.05, 3.63) is 47.8 Å². The number of aryl methyl sites for hydroxylation is 3. The first-order chi connectivity index (χ1) is 11.1. The highest BCUT2D eigenvalue weighted by molar-refractivity contribution is 5.71. The van der Waals surface area contributed by atoms with Gasteiger partial charge in [0, 0.05) is 18.6 Å². The molecule has 0 saturated heterocycles. The molecule has 0 aliphatic carbocycles. The second-order valence-corrected chi connectivity index (χ2v) is 6.55. The van der Waals surface area contributed by atoms with Crippen molar-refractivity contribution in [1.82, 2.24) is 0 Å². The molecule has 0 amide bonds. The molecule has 0 aliphatic heterocycles. The molecule has 0 atom stereocenters. The third kappa shape index (κ3) is 5.09. The van der Waals surface area contributed by atoms with E-state index in [9.17, 15) is 5.11 Å². The molecule has 1 N–H and O–H groups in total. The molecule has 2 heteroatoms. The summed E-state index contributed by atoms with van der Waals surface area (Å²) < 4.78 is 2.27. The summed E-state index contributed by atoms with van der Waals surface area (Å²) in [6.07, 6.45) is 12.3. The Kier molecular flexibility index (Phi) is 6.64. The van der Waals surface area contributed by atoms with Gasteiger partial charge in [-0.1, -0.05) is 32.6 Å². The van der Waals surface area contributed by atoms with Crippen LogP contribution in [0, 0.1) is 13.8 Å². The van der Waals surface area contributed by atoms with Crippen molar-refractivity contribution >= 4 is 0 Å². The van der Waals surface area contributed by atoms with Gasteiger partial charge in [-0.3, -0.25) is 0 Å². The molecule has 0 unspecified atom stereocenters. The Hall–Kier alpha value is -1.83. The van der Waals surface area contributed by atoms with Crippen LogP contribution in [0.3, 0.4) is 0 Å². The molecule has 2 rings (SSSR count). The van der Waals surface area contributed by atoms with Gasteiger partial charge in [0.15, 0.2) is 12.4 Å². The minimum Gasteiger partial charge on any atom is -0.508 e. The maximum atomic E-state index is 9.68. The fourth-order valence-corrected chi connectivity index (χ4v) is 3.24. The number of rotatable bonds is 8. The SMILES string of the molecule is CCCCCCCC[n+]1ccc(-c2c(C)cc(O)cc2C)cc1. The van der Waals surface area contributed by atoms with Crippen molar-refractivity contribution in [1.29, 1.82) is 0 Å². The topological polar surface area (TPSA) is 24.1 Å². The Bertz CT molecular complexity index is 593. The highest BCUT2D eigenvalue weighted by Crippen LogP contribution is 2.29. The number of hydrogen-bond donors (Lipinski definition) is 1. The maximum Gasteiger partial charge on any atom is 0.169 e. The zero-order valence-corrected chi connectivity index (χ0v) is 14.8. The average molecular weight is 312 g/mol. The smallest absolute Gasteiger partial charge is 0.169 e. The molecule has 23 heavy (non-hydrogen) atoms. The molecule has 0 saturated carbocycles. The number of hydrogen-bond acceptors (Lipinski definition) is 1. The molecule has 2 nitrogen and oxygen atoms in total. The zero-order valence-electron chi connectivity index (χ0n) is 14.8. The number of aromatic hydroxyl groups is 1. The zero-order chi connectivity index (χ0) is 16.7. The van der Waals surface area contributed by atoms with E-state index >= 15 is 0 Å². The Balaban J connectivity index is 1.95. The molecule has 1 aromatic heterocycles. The fraction of sp³-hybridized carbons (Fsp3) is 0.476. The summed E-state index contributed by atoms with van der Waals surface area (Å²) in [6.45, 7) is 7.47. The van der Waals surface area contributed by atoms with Crippen molar-refractivity contribution in [2.75, 3.05) is 0 Å². The van der Waals surface area contributed by atoms with E-state index in [0.29, 0.717) is 5.75 Å². The Morgan fingerprint density at radius 2 is 1.43 bits per heavy atom. The van der Waals surface area contributed by atoms with E-state index < -0.39 is 0 Å². The molecule has 1 heterocycles. The van der Waals surface area contributed by atoms with Crippen LogP contribution in [0.25, 0.3) is 11.1 Å². The molecular weight excluding hydrogens is 282 g/mol. The number of benzene rings is 1. The van der Waals surface area contributed by atoms with Gasteiger partial charge in [0.2, 0.25) is 0 Å². The van der Waals surface area contributed by atoms with Crippen LogP contribution in [0.2, 0.25) is 0 Å². The molecule has 0 bridgehead atoms. The summed E-state index contributed by atoms with van der Waals surface area (Å²) in [5.41, 5.74) is 4.70. The van der Waals surface area contributed by atoms with Gasteiger partial charge in [0.1, 0.15) is 12.3 Å². The van der Waals surface area contributed by atoms with Crippen molar-refractivity contribution in [2.45, 2.75) is 65.8 Å². The van der Waals surface area contributed by atoms with E-state index in [2.05, 4.69) is 49.9 Å². The van der Waals surface area contributed by atoms with Crippen molar-refractivity contribution in [3.8, 4) is 16.9 Å². The summed E-state index contributed by atoms with van der Waals surface area (Å²) in [6, 6.07) is 8.03. The van der Waals surface area contributed by atoms with E-state index in [-0.39, 0.29) is 0 Å². The van der Waals surface area contributed by atoms with E-state index in [4.69, 9.17) is 0 Å². The van der Waals surface area contributed by atoms with Gasteiger partial charge in [-0.2, -0.15) is 0 Å².